The van der Waals surface area contributed by atoms with Crippen molar-refractivity contribution in [2.75, 3.05) is 33.2 Å². The van der Waals surface area contributed by atoms with Gasteiger partial charge in [0.2, 0.25) is 0 Å². The summed E-state index contributed by atoms with van der Waals surface area (Å²) in [5.74, 6) is 0.699. The maximum absolute atomic E-state index is 11.9. The smallest absolute Gasteiger partial charge is 0.314 e. The second-order valence-corrected chi connectivity index (χ2v) is 6.82. The van der Waals surface area contributed by atoms with Gasteiger partial charge in [0, 0.05) is 25.4 Å². The van der Waals surface area contributed by atoms with Gasteiger partial charge in [0.1, 0.15) is 5.60 Å². The molecule has 0 aromatic carbocycles. The van der Waals surface area contributed by atoms with Gasteiger partial charge in [-0.2, -0.15) is 5.10 Å². The van der Waals surface area contributed by atoms with Crippen molar-refractivity contribution < 1.29 is 9.90 Å². The molecule has 0 bridgehead atoms. The summed E-state index contributed by atoms with van der Waals surface area (Å²) >= 11 is 0. The Morgan fingerprint density at radius 1 is 1.39 bits per heavy atom. The lowest BCUT2D eigenvalue weighted by atomic mass is 9.94. The largest absolute Gasteiger partial charge is 0.383 e. The van der Waals surface area contributed by atoms with Gasteiger partial charge in [-0.3, -0.25) is 4.68 Å². The Kier molecular flexibility index (Phi) is 6.01. The summed E-state index contributed by atoms with van der Waals surface area (Å²) in [4.78, 5) is 14.2. The van der Waals surface area contributed by atoms with Crippen molar-refractivity contribution in [2.45, 2.75) is 31.8 Å². The van der Waals surface area contributed by atoms with E-state index in [9.17, 15) is 9.90 Å². The van der Waals surface area contributed by atoms with E-state index in [1.807, 2.05) is 0 Å². The van der Waals surface area contributed by atoms with Gasteiger partial charge >= 0.3 is 6.03 Å². The van der Waals surface area contributed by atoms with Crippen LogP contribution in [-0.4, -0.2) is 59.0 Å². The first-order valence-electron chi connectivity index (χ1n) is 8.28. The minimum absolute atomic E-state index is 0.152. The number of hydrogen-bond acceptors (Lipinski definition) is 4. The molecule has 2 rings (SSSR count). The van der Waals surface area contributed by atoms with Crippen molar-refractivity contribution in [3.63, 3.8) is 0 Å². The summed E-state index contributed by atoms with van der Waals surface area (Å²) < 4.78 is 1.63. The molecule has 3 N–H and O–H groups in total. The third-order valence-corrected chi connectivity index (χ3v) is 4.60. The fourth-order valence-electron chi connectivity index (χ4n) is 2.86. The van der Waals surface area contributed by atoms with E-state index < -0.39 is 5.60 Å². The highest BCUT2D eigenvalue weighted by Gasteiger charge is 2.25. The topological polar surface area (TPSA) is 82.4 Å². The molecule has 1 fully saturated rings. The van der Waals surface area contributed by atoms with E-state index >= 15 is 0 Å². The van der Waals surface area contributed by atoms with E-state index in [4.69, 9.17) is 0 Å². The number of aromatic nitrogens is 2. The maximum atomic E-state index is 11.9. The van der Waals surface area contributed by atoms with Crippen molar-refractivity contribution in [1.29, 1.82) is 0 Å². The number of nitrogens with one attached hydrogen (secondary N) is 2. The second kappa shape index (κ2) is 7.79. The van der Waals surface area contributed by atoms with E-state index in [0.29, 0.717) is 18.0 Å². The zero-order valence-electron chi connectivity index (χ0n) is 14.4. The first-order chi connectivity index (χ1) is 10.9. The van der Waals surface area contributed by atoms with Gasteiger partial charge in [0.05, 0.1) is 12.7 Å². The van der Waals surface area contributed by atoms with Crippen LogP contribution in [0, 0.1) is 5.92 Å². The first kappa shape index (κ1) is 17.7. The third-order valence-electron chi connectivity index (χ3n) is 4.60. The SMILES string of the molecule is CN1CCC(CCNC(=O)NCC(C)(O)c2cnn(C)c2)CC1. The molecule has 7 nitrogen and oxygen atoms in total. The molecule has 2 heterocycles. The number of aliphatic hydroxyl groups is 1. The summed E-state index contributed by atoms with van der Waals surface area (Å²) in [6, 6.07) is -0.234. The molecule has 0 spiro atoms. The molecule has 1 aliphatic heterocycles. The van der Waals surface area contributed by atoms with E-state index in [-0.39, 0.29) is 12.6 Å². The van der Waals surface area contributed by atoms with Crippen molar-refractivity contribution in [3.8, 4) is 0 Å². The Hall–Kier alpha value is -1.60. The Balaban J connectivity index is 1.65. The fourth-order valence-corrected chi connectivity index (χ4v) is 2.86. The molecular weight excluding hydrogens is 294 g/mol. The summed E-state index contributed by atoms with van der Waals surface area (Å²) in [5.41, 5.74) is -0.439. The summed E-state index contributed by atoms with van der Waals surface area (Å²) in [6.45, 7) is 4.78. The average Bonchev–Trinajstić information content (AvgIpc) is 2.95. The molecule has 23 heavy (non-hydrogen) atoms. The monoisotopic (exact) mass is 323 g/mol. The van der Waals surface area contributed by atoms with Gasteiger partial charge < -0.3 is 20.6 Å². The van der Waals surface area contributed by atoms with Crippen LogP contribution in [0.15, 0.2) is 12.4 Å². The van der Waals surface area contributed by atoms with Crippen LogP contribution in [0.25, 0.3) is 0 Å². The Morgan fingerprint density at radius 2 is 2.09 bits per heavy atom. The number of carbonyl (C=O) groups excluding carboxylic acids is 1. The van der Waals surface area contributed by atoms with Crippen LogP contribution in [0.3, 0.4) is 0 Å². The van der Waals surface area contributed by atoms with E-state index in [1.165, 1.54) is 12.8 Å². The van der Waals surface area contributed by atoms with Crippen LogP contribution in [0.2, 0.25) is 0 Å². The van der Waals surface area contributed by atoms with Crippen LogP contribution in [-0.2, 0) is 12.6 Å². The second-order valence-electron chi connectivity index (χ2n) is 6.82. The summed E-state index contributed by atoms with van der Waals surface area (Å²) in [6.07, 6.45) is 6.78. The zero-order valence-corrected chi connectivity index (χ0v) is 14.4. The van der Waals surface area contributed by atoms with Gasteiger partial charge in [0.15, 0.2) is 0 Å². The van der Waals surface area contributed by atoms with E-state index in [0.717, 1.165) is 19.5 Å². The van der Waals surface area contributed by atoms with Gasteiger partial charge in [-0.15, -0.1) is 0 Å². The number of piperidine rings is 1. The predicted octanol–water partition coefficient (Wildman–Crippen LogP) is 0.659. The number of rotatable bonds is 6. The molecule has 0 aliphatic carbocycles. The molecule has 1 saturated heterocycles. The van der Waals surface area contributed by atoms with E-state index in [1.54, 1.807) is 31.0 Å². The van der Waals surface area contributed by atoms with E-state index in [2.05, 4.69) is 27.7 Å². The fraction of sp³-hybridized carbons (Fsp3) is 0.750. The third kappa shape index (κ3) is 5.51. The number of likely N-dealkylation sites (tertiary alicyclic amines) is 1. The average molecular weight is 323 g/mol. The highest BCUT2D eigenvalue weighted by atomic mass is 16.3. The lowest BCUT2D eigenvalue weighted by Gasteiger charge is -2.29. The summed E-state index contributed by atoms with van der Waals surface area (Å²) in [7, 11) is 3.94. The quantitative estimate of drug-likeness (QED) is 0.718. The zero-order chi connectivity index (χ0) is 16.9. The van der Waals surface area contributed by atoms with Gasteiger partial charge in [0.25, 0.3) is 0 Å². The van der Waals surface area contributed by atoms with Gasteiger partial charge in [-0.1, -0.05) is 0 Å². The van der Waals surface area contributed by atoms with Gasteiger partial charge in [-0.25, -0.2) is 4.79 Å². The minimum atomic E-state index is -1.13. The predicted molar refractivity (Wildman–Crippen MR) is 89.0 cm³/mol. The van der Waals surface area contributed by atoms with Crippen molar-refractivity contribution in [2.24, 2.45) is 13.0 Å². The number of amides is 2. The van der Waals surface area contributed by atoms with Crippen LogP contribution < -0.4 is 10.6 Å². The molecule has 1 aromatic heterocycles. The Morgan fingerprint density at radius 3 is 2.70 bits per heavy atom. The molecule has 1 atom stereocenters. The Labute approximate surface area is 138 Å². The molecular formula is C16H29N5O2. The molecule has 1 unspecified atom stereocenters. The summed E-state index contributed by atoms with van der Waals surface area (Å²) in [5, 5.41) is 20.0. The molecule has 1 aromatic rings. The van der Waals surface area contributed by atoms with Crippen LogP contribution in [0.1, 0.15) is 31.7 Å². The standard InChI is InChI=1S/C16H29N5O2/c1-16(23,14-10-19-21(3)11-14)12-18-15(22)17-7-4-13-5-8-20(2)9-6-13/h10-11,13,23H,4-9,12H2,1-3H3,(H2,17,18,22). The lowest BCUT2D eigenvalue weighted by molar-refractivity contribution is 0.0593. The van der Waals surface area contributed by atoms with Crippen LogP contribution in [0.4, 0.5) is 4.79 Å². The number of aryl methyl sites for hydroxylation is 1. The van der Waals surface area contributed by atoms with Crippen LogP contribution >= 0.6 is 0 Å². The number of urea groups is 1. The molecule has 7 heteroatoms. The number of nitrogens with zero attached hydrogens (tertiary/aromatic N) is 3. The maximum Gasteiger partial charge on any atom is 0.314 e. The molecule has 0 radical (unpaired) electrons. The molecule has 130 valence electrons. The molecule has 2 amide bonds. The lowest BCUT2D eigenvalue weighted by Crippen LogP contribution is -2.44. The van der Waals surface area contributed by atoms with Crippen molar-refractivity contribution >= 4 is 6.03 Å². The normalized spacial score (nSPS) is 19.3. The van der Waals surface area contributed by atoms with Gasteiger partial charge in [-0.05, 0) is 52.2 Å². The number of carbonyl (C=O) groups is 1. The van der Waals surface area contributed by atoms with Crippen LogP contribution in [0.5, 0.6) is 0 Å². The highest BCUT2D eigenvalue weighted by molar-refractivity contribution is 5.73. The van der Waals surface area contributed by atoms with Crippen molar-refractivity contribution in [3.05, 3.63) is 18.0 Å². The minimum Gasteiger partial charge on any atom is -0.383 e. The Bertz CT molecular complexity index is 506. The molecule has 1 aliphatic rings. The highest BCUT2D eigenvalue weighted by Crippen LogP contribution is 2.19. The van der Waals surface area contributed by atoms with Crippen molar-refractivity contribution in [1.82, 2.24) is 25.3 Å². The first-order valence-corrected chi connectivity index (χ1v) is 8.28. The number of hydrogen-bond donors (Lipinski definition) is 3. The molecule has 0 saturated carbocycles.